The van der Waals surface area contributed by atoms with Gasteiger partial charge in [-0.25, -0.2) is 13.1 Å². The van der Waals surface area contributed by atoms with Crippen LogP contribution in [0, 0.1) is 6.92 Å². The number of halogens is 1. The molecule has 0 spiro atoms. The van der Waals surface area contributed by atoms with Gasteiger partial charge < -0.3 is 10.2 Å². The molecule has 0 bridgehead atoms. The molecule has 2 N–H and O–H groups in total. The largest absolute Gasteiger partial charge is 0.344 e. The van der Waals surface area contributed by atoms with Gasteiger partial charge in [-0.1, -0.05) is 11.6 Å². The highest BCUT2D eigenvalue weighted by atomic mass is 35.5. The van der Waals surface area contributed by atoms with E-state index >= 15 is 0 Å². The molecule has 1 amide bonds. The van der Waals surface area contributed by atoms with Crippen molar-refractivity contribution >= 4 is 39.0 Å². The van der Waals surface area contributed by atoms with Gasteiger partial charge in [0, 0.05) is 23.3 Å². The van der Waals surface area contributed by atoms with Crippen LogP contribution >= 0.6 is 11.6 Å². The summed E-state index contributed by atoms with van der Waals surface area (Å²) >= 11 is 6.27. The Morgan fingerprint density at radius 3 is 2.64 bits per heavy atom. The first-order valence-corrected chi connectivity index (χ1v) is 13.4. The molecular weight excluding hydrogens is 462 g/mol. The maximum Gasteiger partial charge on any atom is 0.256 e. The minimum atomic E-state index is -3.58. The number of amides is 1. The van der Waals surface area contributed by atoms with Gasteiger partial charge in [-0.15, -0.1) is 0 Å². The fourth-order valence-corrected chi connectivity index (χ4v) is 5.54. The molecule has 2 aliphatic heterocycles. The third kappa shape index (κ3) is 4.61. The molecule has 0 saturated carbocycles. The molecule has 178 valence electrons. The molecule has 4 rings (SSSR count). The minimum Gasteiger partial charge on any atom is -0.344 e. The first kappa shape index (κ1) is 23.6. The van der Waals surface area contributed by atoms with E-state index in [0.717, 1.165) is 42.7 Å². The Balaban J connectivity index is 1.72. The summed E-state index contributed by atoms with van der Waals surface area (Å²) in [5, 5.41) is 8.66. The Kier molecular flexibility index (Phi) is 6.22. The van der Waals surface area contributed by atoms with Crippen LogP contribution < -0.4 is 10.0 Å². The summed E-state index contributed by atoms with van der Waals surface area (Å²) in [5.41, 5.74) is 4.28. The van der Waals surface area contributed by atoms with Gasteiger partial charge in [0.15, 0.2) is 0 Å². The second-order valence-corrected chi connectivity index (χ2v) is 11.2. The van der Waals surface area contributed by atoms with E-state index in [1.165, 1.54) is 11.6 Å². The number of aromatic nitrogens is 2. The van der Waals surface area contributed by atoms with Crippen LogP contribution in [0.25, 0.3) is 0 Å². The van der Waals surface area contributed by atoms with Crippen molar-refractivity contribution in [3.8, 4) is 0 Å². The fraction of sp³-hybridized carbons (Fsp3) is 0.478. The normalized spacial score (nSPS) is 21.0. The number of hydrogen-bond donors (Lipinski definition) is 2. The summed E-state index contributed by atoms with van der Waals surface area (Å²) in [6.45, 7) is 8.55. The molecule has 10 heteroatoms. The number of piperidine rings is 1. The minimum absolute atomic E-state index is 0.129. The van der Waals surface area contributed by atoms with Crippen LogP contribution in [0.2, 0.25) is 5.02 Å². The van der Waals surface area contributed by atoms with E-state index in [1.807, 2.05) is 10.7 Å². The van der Waals surface area contributed by atoms with Crippen molar-refractivity contribution in [3.63, 3.8) is 0 Å². The van der Waals surface area contributed by atoms with Crippen molar-refractivity contribution in [2.75, 3.05) is 22.8 Å². The average Bonchev–Trinajstić information content (AvgIpc) is 3.16. The molecule has 1 aromatic carbocycles. The van der Waals surface area contributed by atoms with Crippen molar-refractivity contribution in [1.29, 1.82) is 0 Å². The number of nitrogens with zero attached hydrogens (tertiary/aromatic N) is 3. The van der Waals surface area contributed by atoms with E-state index in [-0.39, 0.29) is 29.2 Å². The maximum absolute atomic E-state index is 13.8. The molecule has 3 heterocycles. The van der Waals surface area contributed by atoms with Gasteiger partial charge in [0.1, 0.15) is 5.82 Å². The van der Waals surface area contributed by atoms with E-state index in [2.05, 4.69) is 30.8 Å². The zero-order valence-corrected chi connectivity index (χ0v) is 21.1. The molecule has 0 radical (unpaired) electrons. The number of fused-ring (bicyclic) bond motifs is 1. The van der Waals surface area contributed by atoms with Crippen molar-refractivity contribution < 1.29 is 13.2 Å². The van der Waals surface area contributed by atoms with Gasteiger partial charge >= 0.3 is 0 Å². The number of nitrogens with one attached hydrogen (secondary N) is 2. The molecule has 1 saturated heterocycles. The lowest BCUT2D eigenvalue weighted by atomic mass is 9.97. The molecule has 2 aliphatic rings. The molecule has 33 heavy (non-hydrogen) atoms. The summed E-state index contributed by atoms with van der Waals surface area (Å²) in [5.74, 6) is 0.658. The number of likely N-dealkylation sites (tertiary alicyclic amines) is 1. The van der Waals surface area contributed by atoms with Crippen LogP contribution in [0.3, 0.4) is 0 Å². The molecule has 2 atom stereocenters. The quantitative estimate of drug-likeness (QED) is 0.636. The Bertz CT molecular complexity index is 1250. The number of sulfonamides is 1. The van der Waals surface area contributed by atoms with E-state index in [4.69, 9.17) is 16.7 Å². The molecule has 0 aliphatic carbocycles. The van der Waals surface area contributed by atoms with E-state index < -0.39 is 10.0 Å². The van der Waals surface area contributed by atoms with Crippen LogP contribution in [0.15, 0.2) is 29.5 Å². The third-order valence-corrected chi connectivity index (χ3v) is 7.37. The van der Waals surface area contributed by atoms with Crippen LogP contribution in [0.5, 0.6) is 0 Å². The van der Waals surface area contributed by atoms with E-state index in [9.17, 15) is 13.2 Å². The van der Waals surface area contributed by atoms with Gasteiger partial charge in [0.05, 0.1) is 35.3 Å². The average molecular weight is 492 g/mol. The second kappa shape index (κ2) is 8.68. The SMILES string of the molecule is CC1=C(C)C(C)n2nc([C@@H]3CCCCN3C(=O)c3cc(Cl)cc(C)c3NS(C)(=O)=O)cc2N1. The number of aryl methyl sites for hydroxylation is 1. The summed E-state index contributed by atoms with van der Waals surface area (Å²) in [6, 6.07) is 5.12. The van der Waals surface area contributed by atoms with E-state index in [1.54, 1.807) is 17.9 Å². The number of hydrogen-bond acceptors (Lipinski definition) is 5. The van der Waals surface area contributed by atoms with Gasteiger partial charge in [0.25, 0.3) is 5.91 Å². The molecule has 1 aromatic heterocycles. The first-order chi connectivity index (χ1) is 15.5. The monoisotopic (exact) mass is 491 g/mol. The number of anilines is 2. The highest BCUT2D eigenvalue weighted by Crippen LogP contribution is 2.38. The van der Waals surface area contributed by atoms with Crippen LogP contribution in [-0.2, 0) is 10.0 Å². The number of rotatable bonds is 4. The highest BCUT2D eigenvalue weighted by Gasteiger charge is 2.34. The van der Waals surface area contributed by atoms with E-state index in [0.29, 0.717) is 17.1 Å². The Morgan fingerprint density at radius 1 is 1.21 bits per heavy atom. The van der Waals surface area contributed by atoms with Gasteiger partial charge in [-0.2, -0.15) is 5.10 Å². The fourth-order valence-electron chi connectivity index (χ4n) is 4.62. The number of allylic oxidation sites excluding steroid dienone is 2. The summed E-state index contributed by atoms with van der Waals surface area (Å²) < 4.78 is 28.4. The molecule has 1 unspecified atom stereocenters. The maximum atomic E-state index is 13.8. The molecule has 2 aromatic rings. The Labute approximate surface area is 200 Å². The number of carbonyl (C=O) groups is 1. The standard InChI is InChI=1S/C23H30ClN5O3S/c1-13-10-17(24)11-18(22(13)27-33(5,31)32)23(30)28-9-7-6-8-20(28)19-12-21-25-15(3)14(2)16(4)29(21)26-19/h10-12,16,20,25,27H,6-9H2,1-5H3/t16?,20-/m0/s1. The Hall–Kier alpha value is -2.52. The van der Waals surface area contributed by atoms with Crippen molar-refractivity contribution in [2.45, 2.75) is 59.0 Å². The summed E-state index contributed by atoms with van der Waals surface area (Å²) in [6.07, 6.45) is 3.72. The van der Waals surface area contributed by atoms with Crippen LogP contribution in [-0.4, -0.2) is 41.8 Å². The van der Waals surface area contributed by atoms with Gasteiger partial charge in [0.2, 0.25) is 10.0 Å². The zero-order valence-electron chi connectivity index (χ0n) is 19.6. The predicted octanol–water partition coefficient (Wildman–Crippen LogP) is 4.86. The topological polar surface area (TPSA) is 96.3 Å². The first-order valence-electron chi connectivity index (χ1n) is 11.1. The summed E-state index contributed by atoms with van der Waals surface area (Å²) in [4.78, 5) is 15.6. The molecule has 1 fully saturated rings. The number of carbonyl (C=O) groups excluding carboxylic acids is 1. The van der Waals surface area contributed by atoms with Crippen molar-refractivity contribution in [3.05, 3.63) is 51.3 Å². The predicted molar refractivity (Wildman–Crippen MR) is 131 cm³/mol. The number of benzene rings is 1. The lowest BCUT2D eigenvalue weighted by Crippen LogP contribution is -2.39. The smallest absolute Gasteiger partial charge is 0.256 e. The lowest BCUT2D eigenvalue weighted by molar-refractivity contribution is 0.0606. The van der Waals surface area contributed by atoms with Crippen molar-refractivity contribution in [2.24, 2.45) is 0 Å². The molecule has 8 nitrogen and oxygen atoms in total. The van der Waals surface area contributed by atoms with Gasteiger partial charge in [-0.3, -0.25) is 9.52 Å². The summed E-state index contributed by atoms with van der Waals surface area (Å²) in [7, 11) is -3.58. The van der Waals surface area contributed by atoms with Crippen molar-refractivity contribution in [1.82, 2.24) is 14.7 Å². The zero-order chi connectivity index (χ0) is 24.1. The lowest BCUT2D eigenvalue weighted by Gasteiger charge is -2.35. The second-order valence-electron chi connectivity index (χ2n) is 9.04. The highest BCUT2D eigenvalue weighted by molar-refractivity contribution is 7.92. The van der Waals surface area contributed by atoms with Gasteiger partial charge in [-0.05, 0) is 70.2 Å². The molecular formula is C23H30ClN5O3S. The third-order valence-electron chi connectivity index (χ3n) is 6.58. The Morgan fingerprint density at radius 2 is 1.94 bits per heavy atom. The van der Waals surface area contributed by atoms with Crippen LogP contribution in [0.4, 0.5) is 11.5 Å². The van der Waals surface area contributed by atoms with Crippen LogP contribution in [0.1, 0.15) is 73.7 Å².